The van der Waals surface area contributed by atoms with Crippen LogP contribution in [0.25, 0.3) is 10.2 Å². The van der Waals surface area contributed by atoms with E-state index < -0.39 is 15.9 Å². The summed E-state index contributed by atoms with van der Waals surface area (Å²) < 4.78 is 48.3. The van der Waals surface area contributed by atoms with Crippen molar-refractivity contribution in [3.8, 4) is 0 Å². The Hall–Kier alpha value is -2.40. The first-order valence-corrected chi connectivity index (χ1v) is 12.6. The molecule has 10 heteroatoms. The Morgan fingerprint density at radius 3 is 2.62 bits per heavy atom. The molecule has 3 aromatic rings. The minimum atomic E-state index is -3.58. The van der Waals surface area contributed by atoms with Crippen LogP contribution in [0.15, 0.2) is 52.4 Å². The second kappa shape index (κ2) is 9.22. The number of ether oxygens (including phenoxy) is 1. The zero-order chi connectivity index (χ0) is 22.9. The van der Waals surface area contributed by atoms with Gasteiger partial charge in [0.15, 0.2) is 4.80 Å². The van der Waals surface area contributed by atoms with E-state index >= 15 is 0 Å². The lowest BCUT2D eigenvalue weighted by Crippen LogP contribution is -2.28. The molecule has 7 nitrogen and oxygen atoms in total. The summed E-state index contributed by atoms with van der Waals surface area (Å²) in [6, 6.07) is 10.3. The molecule has 0 bridgehead atoms. The van der Waals surface area contributed by atoms with E-state index in [1.807, 2.05) is 11.5 Å². The number of carbonyl (C=O) groups is 1. The van der Waals surface area contributed by atoms with Crippen LogP contribution >= 0.6 is 11.3 Å². The van der Waals surface area contributed by atoms with Crippen molar-refractivity contribution in [2.45, 2.75) is 37.2 Å². The SMILES string of the molecule is CCOCCn1c(=NC(=O)c2ccc(S(=O)(=O)N(C)C3CC3)cc2)sc2cc(F)ccc21. The third-order valence-electron chi connectivity index (χ3n) is 5.34. The minimum absolute atomic E-state index is 0.0567. The molecule has 32 heavy (non-hydrogen) atoms. The van der Waals surface area contributed by atoms with Crippen molar-refractivity contribution >= 4 is 37.5 Å². The predicted octanol–water partition coefficient (Wildman–Crippen LogP) is 3.40. The molecule has 0 aliphatic heterocycles. The third kappa shape index (κ3) is 4.68. The van der Waals surface area contributed by atoms with Gasteiger partial charge in [0.05, 0.1) is 21.7 Å². The third-order valence-corrected chi connectivity index (χ3v) is 8.31. The van der Waals surface area contributed by atoms with E-state index in [0.717, 1.165) is 18.4 Å². The van der Waals surface area contributed by atoms with Crippen molar-refractivity contribution in [1.82, 2.24) is 8.87 Å². The van der Waals surface area contributed by atoms with Gasteiger partial charge in [-0.05, 0) is 62.2 Å². The Labute approximate surface area is 189 Å². The molecule has 170 valence electrons. The van der Waals surface area contributed by atoms with Crippen LogP contribution in [0.3, 0.4) is 0 Å². The molecule has 1 aliphatic carbocycles. The van der Waals surface area contributed by atoms with E-state index in [9.17, 15) is 17.6 Å². The van der Waals surface area contributed by atoms with Gasteiger partial charge in [0.2, 0.25) is 10.0 Å². The summed E-state index contributed by atoms with van der Waals surface area (Å²) in [7, 11) is -2.00. The smallest absolute Gasteiger partial charge is 0.279 e. The lowest BCUT2D eigenvalue weighted by atomic mass is 10.2. The first-order chi connectivity index (χ1) is 15.3. The number of halogens is 1. The van der Waals surface area contributed by atoms with Crippen molar-refractivity contribution in [2.75, 3.05) is 20.3 Å². The summed E-state index contributed by atoms with van der Waals surface area (Å²) >= 11 is 1.22. The molecule has 4 rings (SSSR count). The number of sulfonamides is 1. The quantitative estimate of drug-likeness (QED) is 0.466. The Balaban J connectivity index is 1.65. The highest BCUT2D eigenvalue weighted by Crippen LogP contribution is 2.30. The predicted molar refractivity (Wildman–Crippen MR) is 121 cm³/mol. The maximum Gasteiger partial charge on any atom is 0.279 e. The molecule has 0 saturated heterocycles. The fourth-order valence-corrected chi connectivity index (χ4v) is 5.87. The van der Waals surface area contributed by atoms with Gasteiger partial charge >= 0.3 is 0 Å². The fourth-order valence-electron chi connectivity index (χ4n) is 3.37. The molecule has 1 fully saturated rings. The zero-order valence-electron chi connectivity index (χ0n) is 17.8. The van der Waals surface area contributed by atoms with Gasteiger partial charge in [-0.15, -0.1) is 0 Å². The molecule has 1 heterocycles. The molecule has 1 aliphatic rings. The van der Waals surface area contributed by atoms with Crippen LogP contribution in [0.4, 0.5) is 4.39 Å². The number of hydrogen-bond donors (Lipinski definition) is 0. The second-order valence-electron chi connectivity index (χ2n) is 7.54. The molecule has 0 atom stereocenters. The summed E-state index contributed by atoms with van der Waals surface area (Å²) in [5, 5.41) is 0. The number of rotatable bonds is 8. The van der Waals surface area contributed by atoms with E-state index in [2.05, 4.69) is 4.99 Å². The molecular formula is C22H24FN3O4S2. The van der Waals surface area contributed by atoms with E-state index in [-0.39, 0.29) is 22.3 Å². The first-order valence-electron chi connectivity index (χ1n) is 10.3. The Morgan fingerprint density at radius 2 is 1.97 bits per heavy atom. The molecule has 0 spiro atoms. The van der Waals surface area contributed by atoms with Gasteiger partial charge < -0.3 is 9.30 Å². The number of carbonyl (C=O) groups excluding carboxylic acids is 1. The molecule has 0 unspecified atom stereocenters. The van der Waals surface area contributed by atoms with E-state index in [1.54, 1.807) is 13.1 Å². The van der Waals surface area contributed by atoms with Gasteiger partial charge in [-0.1, -0.05) is 11.3 Å². The normalized spacial score (nSPS) is 15.1. The average molecular weight is 478 g/mol. The summed E-state index contributed by atoms with van der Waals surface area (Å²) in [5.74, 6) is -0.858. The molecule has 1 amide bonds. The molecular weight excluding hydrogens is 453 g/mol. The van der Waals surface area contributed by atoms with E-state index in [4.69, 9.17) is 4.74 Å². The van der Waals surface area contributed by atoms with Crippen molar-refractivity contribution in [3.05, 3.63) is 58.6 Å². The van der Waals surface area contributed by atoms with Gasteiger partial charge in [0, 0.05) is 31.8 Å². The van der Waals surface area contributed by atoms with Crippen LogP contribution in [-0.2, 0) is 21.3 Å². The zero-order valence-corrected chi connectivity index (χ0v) is 19.5. The largest absolute Gasteiger partial charge is 0.380 e. The van der Waals surface area contributed by atoms with Gasteiger partial charge in [-0.3, -0.25) is 4.79 Å². The van der Waals surface area contributed by atoms with Crippen molar-refractivity contribution in [3.63, 3.8) is 0 Å². The van der Waals surface area contributed by atoms with Gasteiger partial charge in [0.1, 0.15) is 5.82 Å². The van der Waals surface area contributed by atoms with Crippen LogP contribution in [-0.4, -0.2) is 49.5 Å². The number of nitrogens with zero attached hydrogens (tertiary/aromatic N) is 3. The Bertz CT molecular complexity index is 1310. The highest BCUT2D eigenvalue weighted by Gasteiger charge is 2.35. The van der Waals surface area contributed by atoms with E-state index in [0.29, 0.717) is 29.3 Å². The lowest BCUT2D eigenvalue weighted by molar-refractivity contribution is 0.0996. The highest BCUT2D eigenvalue weighted by atomic mass is 32.2. The van der Waals surface area contributed by atoms with Crippen molar-refractivity contribution in [1.29, 1.82) is 0 Å². The molecule has 1 aromatic heterocycles. The van der Waals surface area contributed by atoms with Crippen LogP contribution in [0, 0.1) is 5.82 Å². The summed E-state index contributed by atoms with van der Waals surface area (Å²) in [6.45, 7) is 3.36. The second-order valence-corrected chi connectivity index (χ2v) is 10.5. The fraction of sp³-hybridized carbons (Fsp3) is 0.364. The Morgan fingerprint density at radius 1 is 1.25 bits per heavy atom. The molecule has 0 N–H and O–H groups in total. The minimum Gasteiger partial charge on any atom is -0.380 e. The molecule has 0 radical (unpaired) electrons. The number of aromatic nitrogens is 1. The van der Waals surface area contributed by atoms with Crippen LogP contribution in [0.5, 0.6) is 0 Å². The van der Waals surface area contributed by atoms with Gasteiger partial charge in [-0.25, -0.2) is 12.8 Å². The number of benzene rings is 2. The number of thiazole rings is 1. The number of hydrogen-bond acceptors (Lipinski definition) is 5. The Kier molecular flexibility index (Phi) is 6.57. The van der Waals surface area contributed by atoms with Gasteiger partial charge in [-0.2, -0.15) is 9.30 Å². The van der Waals surface area contributed by atoms with Crippen LogP contribution in [0.1, 0.15) is 30.1 Å². The summed E-state index contributed by atoms with van der Waals surface area (Å²) in [6.07, 6.45) is 1.74. The standard InChI is InChI=1S/C22H24FN3O4S2/c1-3-30-13-12-26-19-11-6-16(23)14-20(19)31-22(26)24-21(27)15-4-9-18(10-5-15)32(28,29)25(2)17-7-8-17/h4-6,9-11,14,17H,3,7-8,12-13H2,1-2H3. The van der Waals surface area contributed by atoms with Crippen LogP contribution in [0.2, 0.25) is 0 Å². The highest BCUT2D eigenvalue weighted by molar-refractivity contribution is 7.89. The summed E-state index contributed by atoms with van der Waals surface area (Å²) in [5.41, 5.74) is 1.05. The van der Waals surface area contributed by atoms with E-state index in [1.165, 1.54) is 52.0 Å². The van der Waals surface area contributed by atoms with Crippen LogP contribution < -0.4 is 4.80 Å². The monoisotopic (exact) mass is 477 g/mol. The maximum absolute atomic E-state index is 13.7. The van der Waals surface area contributed by atoms with Crippen molar-refractivity contribution in [2.24, 2.45) is 4.99 Å². The van der Waals surface area contributed by atoms with Gasteiger partial charge in [0.25, 0.3) is 5.91 Å². The number of amides is 1. The average Bonchev–Trinajstić information content (AvgIpc) is 3.57. The molecule has 1 saturated carbocycles. The molecule has 2 aromatic carbocycles. The summed E-state index contributed by atoms with van der Waals surface area (Å²) in [4.78, 5) is 17.6. The first kappa shape index (κ1) is 22.8. The lowest BCUT2D eigenvalue weighted by Gasteiger charge is -2.16. The number of fused-ring (bicyclic) bond motifs is 1. The topological polar surface area (TPSA) is 81.0 Å². The maximum atomic E-state index is 13.7. The van der Waals surface area contributed by atoms with Crippen molar-refractivity contribution < 1.29 is 22.3 Å².